The number of hydrogen-bond donors (Lipinski definition) is 2. The van der Waals surface area contributed by atoms with E-state index in [1.165, 1.54) is 11.1 Å². The molecule has 0 amide bonds. The number of nitrogens with zero attached hydrogens (tertiary/aromatic N) is 2. The van der Waals surface area contributed by atoms with Crippen molar-refractivity contribution in [1.29, 1.82) is 0 Å². The molecule has 2 aromatic rings. The monoisotopic (exact) mass is 240 g/mol. The lowest BCUT2D eigenvalue weighted by atomic mass is 10.1. The first-order chi connectivity index (χ1) is 8.79. The van der Waals surface area contributed by atoms with Crippen molar-refractivity contribution < 1.29 is 0 Å². The van der Waals surface area contributed by atoms with Gasteiger partial charge in [0.15, 0.2) is 5.82 Å². The van der Waals surface area contributed by atoms with Gasteiger partial charge >= 0.3 is 0 Å². The second-order valence-corrected chi connectivity index (χ2v) is 4.63. The SMILES string of the molecule is Cc1ccccc1-c1nc2c(c(NN)n1)CCC2. The number of aromatic nitrogens is 2. The summed E-state index contributed by atoms with van der Waals surface area (Å²) in [5.74, 6) is 7.11. The Labute approximate surface area is 106 Å². The quantitative estimate of drug-likeness (QED) is 0.624. The Kier molecular flexibility index (Phi) is 2.72. The van der Waals surface area contributed by atoms with Gasteiger partial charge in [0, 0.05) is 16.8 Å². The number of nitrogens with one attached hydrogen (secondary N) is 1. The second-order valence-electron chi connectivity index (χ2n) is 4.63. The number of nitrogen functional groups attached to an aromatic ring is 1. The summed E-state index contributed by atoms with van der Waals surface area (Å²) in [6, 6.07) is 8.15. The fraction of sp³-hybridized carbons (Fsp3) is 0.286. The van der Waals surface area contributed by atoms with Crippen LogP contribution >= 0.6 is 0 Å². The molecule has 1 aromatic carbocycles. The fourth-order valence-electron chi connectivity index (χ4n) is 2.50. The molecule has 0 radical (unpaired) electrons. The third-order valence-corrected chi connectivity index (χ3v) is 3.46. The summed E-state index contributed by atoms with van der Waals surface area (Å²) < 4.78 is 0. The van der Waals surface area contributed by atoms with Crippen LogP contribution in [0.15, 0.2) is 24.3 Å². The van der Waals surface area contributed by atoms with Gasteiger partial charge < -0.3 is 5.43 Å². The van der Waals surface area contributed by atoms with Crippen LogP contribution in [0.4, 0.5) is 5.82 Å². The number of anilines is 1. The molecule has 0 bridgehead atoms. The lowest BCUT2D eigenvalue weighted by molar-refractivity contribution is 0.900. The molecule has 3 N–H and O–H groups in total. The van der Waals surface area contributed by atoms with Crippen molar-refractivity contribution in [3.05, 3.63) is 41.1 Å². The van der Waals surface area contributed by atoms with E-state index >= 15 is 0 Å². The van der Waals surface area contributed by atoms with Gasteiger partial charge in [-0.15, -0.1) is 0 Å². The van der Waals surface area contributed by atoms with Gasteiger partial charge in [0.1, 0.15) is 5.82 Å². The van der Waals surface area contributed by atoms with Crippen molar-refractivity contribution in [2.45, 2.75) is 26.2 Å². The summed E-state index contributed by atoms with van der Waals surface area (Å²) in [4.78, 5) is 9.23. The van der Waals surface area contributed by atoms with E-state index in [9.17, 15) is 0 Å². The van der Waals surface area contributed by atoms with E-state index in [-0.39, 0.29) is 0 Å². The number of rotatable bonds is 2. The van der Waals surface area contributed by atoms with E-state index in [1.807, 2.05) is 18.2 Å². The molecule has 0 saturated carbocycles. The van der Waals surface area contributed by atoms with E-state index in [2.05, 4.69) is 28.4 Å². The number of benzene rings is 1. The highest BCUT2D eigenvalue weighted by atomic mass is 15.3. The lowest BCUT2D eigenvalue weighted by Gasteiger charge is -2.10. The van der Waals surface area contributed by atoms with Crippen molar-refractivity contribution in [2.24, 2.45) is 5.84 Å². The van der Waals surface area contributed by atoms with Gasteiger partial charge in [-0.25, -0.2) is 15.8 Å². The summed E-state index contributed by atoms with van der Waals surface area (Å²) >= 11 is 0. The minimum atomic E-state index is 0.765. The maximum atomic E-state index is 5.57. The van der Waals surface area contributed by atoms with Crippen LogP contribution < -0.4 is 11.3 Å². The summed E-state index contributed by atoms with van der Waals surface area (Å²) in [5.41, 5.74) is 7.27. The third-order valence-electron chi connectivity index (χ3n) is 3.46. The Morgan fingerprint density at radius 1 is 1.17 bits per heavy atom. The van der Waals surface area contributed by atoms with Crippen LogP contribution in [0.3, 0.4) is 0 Å². The van der Waals surface area contributed by atoms with Crippen LogP contribution in [-0.4, -0.2) is 9.97 Å². The predicted molar refractivity (Wildman–Crippen MR) is 72.0 cm³/mol. The predicted octanol–water partition coefficient (Wildman–Crippen LogP) is 2.23. The largest absolute Gasteiger partial charge is 0.308 e. The molecule has 3 rings (SSSR count). The molecular weight excluding hydrogens is 224 g/mol. The number of hydrogen-bond acceptors (Lipinski definition) is 4. The van der Waals surface area contributed by atoms with Crippen LogP contribution in [0.5, 0.6) is 0 Å². The van der Waals surface area contributed by atoms with E-state index in [0.717, 1.165) is 42.2 Å². The van der Waals surface area contributed by atoms with Gasteiger partial charge in [0.05, 0.1) is 0 Å². The molecule has 0 fully saturated rings. The normalized spacial score (nSPS) is 13.4. The van der Waals surface area contributed by atoms with Crippen molar-refractivity contribution in [2.75, 3.05) is 5.43 Å². The lowest BCUT2D eigenvalue weighted by Crippen LogP contribution is -2.13. The van der Waals surface area contributed by atoms with Crippen molar-refractivity contribution >= 4 is 5.82 Å². The molecule has 1 aliphatic carbocycles. The average Bonchev–Trinajstić information content (AvgIpc) is 2.86. The van der Waals surface area contributed by atoms with Crippen molar-refractivity contribution in [3.8, 4) is 11.4 Å². The summed E-state index contributed by atoms with van der Waals surface area (Å²) in [6.45, 7) is 2.07. The molecule has 18 heavy (non-hydrogen) atoms. The first-order valence-corrected chi connectivity index (χ1v) is 6.22. The number of fused-ring (bicyclic) bond motifs is 1. The van der Waals surface area contributed by atoms with E-state index in [4.69, 9.17) is 5.84 Å². The molecule has 0 spiro atoms. The summed E-state index contributed by atoms with van der Waals surface area (Å²) in [6.07, 6.45) is 3.17. The highest BCUT2D eigenvalue weighted by Gasteiger charge is 2.19. The average molecular weight is 240 g/mol. The summed E-state index contributed by atoms with van der Waals surface area (Å²) in [7, 11) is 0. The van der Waals surface area contributed by atoms with Gasteiger partial charge in [-0.05, 0) is 31.7 Å². The zero-order chi connectivity index (χ0) is 12.5. The maximum absolute atomic E-state index is 5.57. The van der Waals surface area contributed by atoms with Gasteiger partial charge in [-0.1, -0.05) is 24.3 Å². The highest BCUT2D eigenvalue weighted by Crippen LogP contribution is 2.29. The first kappa shape index (κ1) is 11.2. The molecule has 1 heterocycles. The highest BCUT2D eigenvalue weighted by molar-refractivity contribution is 5.63. The second kappa shape index (κ2) is 4.38. The molecule has 0 unspecified atom stereocenters. The number of nitrogens with two attached hydrogens (primary N) is 1. The van der Waals surface area contributed by atoms with E-state index < -0.39 is 0 Å². The minimum Gasteiger partial charge on any atom is -0.308 e. The molecule has 0 saturated heterocycles. The first-order valence-electron chi connectivity index (χ1n) is 6.22. The van der Waals surface area contributed by atoms with Gasteiger partial charge in [-0.2, -0.15) is 0 Å². The molecule has 4 nitrogen and oxygen atoms in total. The Morgan fingerprint density at radius 3 is 2.78 bits per heavy atom. The Balaban J connectivity index is 2.17. The smallest absolute Gasteiger partial charge is 0.162 e. The van der Waals surface area contributed by atoms with Crippen LogP contribution in [0, 0.1) is 6.92 Å². The standard InChI is InChI=1S/C14H16N4/c1-9-5-2-3-6-10(9)13-16-12-8-4-7-11(12)14(17-13)18-15/h2-3,5-6H,4,7-8,15H2,1H3,(H,16,17,18). The number of hydrazine groups is 1. The molecule has 4 heteroatoms. The zero-order valence-corrected chi connectivity index (χ0v) is 10.4. The number of aryl methyl sites for hydroxylation is 2. The molecule has 1 aromatic heterocycles. The van der Waals surface area contributed by atoms with Crippen molar-refractivity contribution in [3.63, 3.8) is 0 Å². The topological polar surface area (TPSA) is 63.8 Å². The minimum absolute atomic E-state index is 0.765. The molecule has 0 aliphatic heterocycles. The molecular formula is C14H16N4. The third kappa shape index (κ3) is 1.75. The Morgan fingerprint density at radius 2 is 2.00 bits per heavy atom. The molecule has 1 aliphatic rings. The Bertz CT molecular complexity index is 592. The maximum Gasteiger partial charge on any atom is 0.162 e. The Hall–Kier alpha value is -1.94. The van der Waals surface area contributed by atoms with E-state index in [1.54, 1.807) is 0 Å². The van der Waals surface area contributed by atoms with Crippen LogP contribution in [0.1, 0.15) is 23.2 Å². The van der Waals surface area contributed by atoms with Gasteiger partial charge in [0.2, 0.25) is 0 Å². The van der Waals surface area contributed by atoms with E-state index in [0.29, 0.717) is 0 Å². The van der Waals surface area contributed by atoms with Crippen molar-refractivity contribution in [1.82, 2.24) is 9.97 Å². The fourth-order valence-corrected chi connectivity index (χ4v) is 2.50. The van der Waals surface area contributed by atoms with Gasteiger partial charge in [-0.3, -0.25) is 0 Å². The summed E-state index contributed by atoms with van der Waals surface area (Å²) in [5, 5.41) is 0. The van der Waals surface area contributed by atoms with Crippen LogP contribution in [0.25, 0.3) is 11.4 Å². The van der Waals surface area contributed by atoms with Gasteiger partial charge in [0.25, 0.3) is 0 Å². The zero-order valence-electron chi connectivity index (χ0n) is 10.4. The molecule has 92 valence electrons. The molecule has 0 atom stereocenters. The van der Waals surface area contributed by atoms with Crippen LogP contribution in [0.2, 0.25) is 0 Å². The van der Waals surface area contributed by atoms with Crippen LogP contribution in [-0.2, 0) is 12.8 Å².